The van der Waals surface area contributed by atoms with Gasteiger partial charge in [-0.05, 0) is 17.3 Å². The van der Waals surface area contributed by atoms with Crippen molar-refractivity contribution in [3.05, 3.63) is 0 Å². The number of thiol groups is 3. The average molecular weight is 596 g/mol. The maximum atomic E-state index is 9.83. The van der Waals surface area contributed by atoms with E-state index in [1.54, 1.807) is 0 Å². The van der Waals surface area contributed by atoms with Gasteiger partial charge in [0.05, 0.1) is 17.3 Å². The number of aliphatic carboxylic acids is 3. The topological polar surface area (TPSA) is 112 Å². The van der Waals surface area contributed by atoms with Crippen molar-refractivity contribution in [2.45, 2.75) is 0 Å². The molecule has 0 aromatic heterocycles. The Hall–Kier alpha value is 1.70. The standard InChI is InChI=1S/3C4H8O2S2.La/c3*5-4(6)3-8-2-1-7;/h3*7H,1-3H2,(H,5,6);. The van der Waals surface area contributed by atoms with Crippen LogP contribution in [0.25, 0.3) is 0 Å². The van der Waals surface area contributed by atoms with Gasteiger partial charge in [-0.15, -0.1) is 35.3 Å². The van der Waals surface area contributed by atoms with Gasteiger partial charge in [-0.1, -0.05) is 0 Å². The molecule has 0 spiro atoms. The van der Waals surface area contributed by atoms with E-state index in [9.17, 15) is 14.4 Å². The van der Waals surface area contributed by atoms with Crippen LogP contribution in [0.2, 0.25) is 0 Å². The fourth-order valence-electron chi connectivity index (χ4n) is 0.672. The summed E-state index contributed by atoms with van der Waals surface area (Å²) in [5.74, 6) is 3.01. The van der Waals surface area contributed by atoms with Gasteiger partial charge < -0.3 is 15.3 Å². The smallest absolute Gasteiger partial charge is 0.313 e. The molecule has 6 nitrogen and oxygen atoms in total. The van der Waals surface area contributed by atoms with Gasteiger partial charge in [-0.2, -0.15) is 37.9 Å². The van der Waals surface area contributed by atoms with Crippen LogP contribution in [0.4, 0.5) is 0 Å². The predicted octanol–water partition coefficient (Wildman–Crippen LogP) is 2.20. The molecule has 0 heterocycles. The summed E-state index contributed by atoms with van der Waals surface area (Å²) in [5, 5.41) is 24.3. The van der Waals surface area contributed by atoms with Crippen LogP contribution in [0.1, 0.15) is 0 Å². The number of rotatable bonds is 12. The minimum Gasteiger partial charge on any atom is -0.481 e. The zero-order valence-corrected chi connectivity index (χ0v) is 22.3. The number of carboxylic acid groups (broad SMARTS) is 3. The maximum absolute atomic E-state index is 9.83. The average Bonchev–Trinajstić information content (AvgIpc) is 2.48. The van der Waals surface area contributed by atoms with E-state index in [2.05, 4.69) is 37.9 Å². The first kappa shape index (κ1) is 34.2. The molecule has 0 bridgehead atoms. The molecule has 0 aliphatic rings. The number of carbonyl (C=O) groups is 3. The molecule has 0 rings (SSSR count). The molecule has 0 unspecified atom stereocenters. The van der Waals surface area contributed by atoms with Crippen LogP contribution < -0.4 is 0 Å². The Bertz CT molecular complexity index is 277. The Labute approximate surface area is 206 Å². The van der Waals surface area contributed by atoms with Crippen molar-refractivity contribution in [2.24, 2.45) is 0 Å². The molecule has 0 amide bonds. The number of hydrogen-bond acceptors (Lipinski definition) is 9. The third-order valence-corrected chi connectivity index (χ3v) is 5.79. The molecule has 147 valence electrons. The van der Waals surface area contributed by atoms with E-state index in [4.69, 9.17) is 15.3 Å². The van der Waals surface area contributed by atoms with E-state index in [-0.39, 0.29) is 52.9 Å². The molecule has 13 heteroatoms. The quantitative estimate of drug-likeness (QED) is 0.149. The number of thioether (sulfide) groups is 3. The second-order valence-corrected chi connectivity index (χ2v) is 8.17. The molecule has 25 heavy (non-hydrogen) atoms. The first-order valence-corrected chi connectivity index (χ1v) is 11.9. The summed E-state index contributed by atoms with van der Waals surface area (Å²) >= 11 is 15.9. The minimum absolute atomic E-state index is 0. The molecular weight excluding hydrogens is 571 g/mol. The normalized spacial score (nSPS) is 8.76. The van der Waals surface area contributed by atoms with Crippen LogP contribution in [0.5, 0.6) is 0 Å². The van der Waals surface area contributed by atoms with E-state index in [1.165, 1.54) is 35.3 Å². The van der Waals surface area contributed by atoms with Gasteiger partial charge in [-0.3, -0.25) is 14.4 Å². The predicted molar refractivity (Wildman–Crippen MR) is 116 cm³/mol. The molecular formula is C12H24LaO6S6. The van der Waals surface area contributed by atoms with Gasteiger partial charge in [0, 0.05) is 52.9 Å². The molecule has 0 saturated heterocycles. The van der Waals surface area contributed by atoms with E-state index in [0.717, 1.165) is 34.5 Å². The van der Waals surface area contributed by atoms with E-state index < -0.39 is 17.9 Å². The van der Waals surface area contributed by atoms with Gasteiger partial charge in [0.2, 0.25) is 0 Å². The number of hydrogen-bond donors (Lipinski definition) is 6. The summed E-state index contributed by atoms with van der Waals surface area (Å²) in [6, 6.07) is 0. The van der Waals surface area contributed by atoms with Crippen molar-refractivity contribution >= 4 is 91.1 Å². The van der Waals surface area contributed by atoms with Gasteiger partial charge >= 0.3 is 17.9 Å². The SMILES string of the molecule is O=C(O)CSCCS.O=C(O)CSCCS.O=C(O)CSCCS.[La]. The Balaban J connectivity index is -0.000000130. The number of carboxylic acids is 3. The van der Waals surface area contributed by atoms with Crippen LogP contribution in [0, 0.1) is 35.6 Å². The molecule has 0 aromatic rings. The molecule has 3 N–H and O–H groups in total. The largest absolute Gasteiger partial charge is 0.481 e. The Kier molecular flexibility index (Phi) is 41.7. The van der Waals surface area contributed by atoms with E-state index in [0.29, 0.717) is 0 Å². The Morgan fingerprint density at radius 1 is 0.600 bits per heavy atom. The van der Waals surface area contributed by atoms with Gasteiger partial charge in [-0.25, -0.2) is 0 Å². The molecule has 0 fully saturated rings. The van der Waals surface area contributed by atoms with Crippen molar-refractivity contribution < 1.29 is 65.3 Å². The van der Waals surface area contributed by atoms with Crippen molar-refractivity contribution in [1.29, 1.82) is 0 Å². The third kappa shape index (κ3) is 51.8. The molecule has 0 aliphatic carbocycles. The summed E-state index contributed by atoms with van der Waals surface area (Å²) in [7, 11) is 0. The van der Waals surface area contributed by atoms with Crippen LogP contribution in [-0.2, 0) is 14.4 Å². The fraction of sp³-hybridized carbons (Fsp3) is 0.750. The van der Waals surface area contributed by atoms with Gasteiger partial charge in [0.15, 0.2) is 0 Å². The monoisotopic (exact) mass is 595 g/mol. The molecule has 0 aromatic carbocycles. The Morgan fingerprint density at radius 3 is 0.920 bits per heavy atom. The second kappa shape index (κ2) is 30.4. The molecule has 1 radical (unpaired) electrons. The summed E-state index contributed by atoms with van der Waals surface area (Å²) in [5.41, 5.74) is 0. The molecule has 0 atom stereocenters. The summed E-state index contributed by atoms with van der Waals surface area (Å²) < 4.78 is 0. The fourth-order valence-corrected chi connectivity index (χ4v) is 3.18. The van der Waals surface area contributed by atoms with Crippen molar-refractivity contribution in [2.75, 3.05) is 51.8 Å². The van der Waals surface area contributed by atoms with Crippen LogP contribution >= 0.6 is 73.2 Å². The Morgan fingerprint density at radius 2 is 0.800 bits per heavy atom. The first-order valence-electron chi connectivity index (χ1n) is 6.52. The van der Waals surface area contributed by atoms with Crippen LogP contribution in [0.15, 0.2) is 0 Å². The minimum atomic E-state index is -0.753. The van der Waals surface area contributed by atoms with Crippen molar-refractivity contribution in [3.8, 4) is 0 Å². The summed E-state index contributed by atoms with van der Waals surface area (Å²) in [6.07, 6.45) is 0. The van der Waals surface area contributed by atoms with Crippen LogP contribution in [0.3, 0.4) is 0 Å². The summed E-state index contributed by atoms with van der Waals surface area (Å²) in [6.45, 7) is 0. The van der Waals surface area contributed by atoms with Crippen molar-refractivity contribution in [3.63, 3.8) is 0 Å². The van der Waals surface area contributed by atoms with E-state index in [1.807, 2.05) is 0 Å². The van der Waals surface area contributed by atoms with Crippen molar-refractivity contribution in [1.82, 2.24) is 0 Å². The maximum Gasteiger partial charge on any atom is 0.313 e. The zero-order chi connectivity index (χ0) is 19.2. The third-order valence-electron chi connectivity index (χ3n) is 1.38. The first-order chi connectivity index (χ1) is 11.3. The van der Waals surface area contributed by atoms with Crippen LogP contribution in [-0.4, -0.2) is 85.0 Å². The molecule has 0 aliphatic heterocycles. The van der Waals surface area contributed by atoms with Gasteiger partial charge in [0.25, 0.3) is 0 Å². The second-order valence-electron chi connectivity index (χ2n) is 3.51. The van der Waals surface area contributed by atoms with Gasteiger partial charge in [0.1, 0.15) is 0 Å². The summed E-state index contributed by atoms with van der Waals surface area (Å²) in [4.78, 5) is 29.5. The zero-order valence-electron chi connectivity index (χ0n) is 13.6. The molecule has 0 saturated carbocycles. The van der Waals surface area contributed by atoms with E-state index >= 15 is 0 Å².